The Kier molecular flexibility index (Phi) is 2.66. The van der Waals surface area contributed by atoms with Gasteiger partial charge in [-0.25, -0.2) is 0 Å². The van der Waals surface area contributed by atoms with Gasteiger partial charge in [0.15, 0.2) is 17.3 Å². The lowest BCUT2D eigenvalue weighted by molar-refractivity contribution is 0.103. The number of hydrogen-bond acceptors (Lipinski definition) is 4. The summed E-state index contributed by atoms with van der Waals surface area (Å²) in [6, 6.07) is 11.3. The maximum absolute atomic E-state index is 13.0. The molecule has 0 spiro atoms. The van der Waals surface area contributed by atoms with E-state index in [4.69, 9.17) is 9.47 Å². The Labute approximate surface area is 127 Å². The summed E-state index contributed by atoms with van der Waals surface area (Å²) in [5.74, 6) is 0.954. The second-order valence-corrected chi connectivity index (χ2v) is 5.12. The van der Waals surface area contributed by atoms with Crippen LogP contribution in [0.15, 0.2) is 42.6 Å². The van der Waals surface area contributed by atoms with Gasteiger partial charge in [-0.1, -0.05) is 24.3 Å². The molecule has 3 aromatic rings. The molecule has 0 N–H and O–H groups in total. The topological polar surface area (TPSA) is 48.4 Å². The van der Waals surface area contributed by atoms with E-state index in [1.807, 2.05) is 36.4 Å². The van der Waals surface area contributed by atoms with E-state index >= 15 is 0 Å². The number of hydrogen-bond donors (Lipinski definition) is 0. The van der Waals surface area contributed by atoms with Crippen LogP contribution < -0.4 is 9.47 Å². The number of carbonyl (C=O) groups excluding carboxylic acids is 1. The number of ether oxygens (including phenoxy) is 2. The molecule has 0 atom stereocenters. The fourth-order valence-corrected chi connectivity index (χ4v) is 3.10. The molecule has 0 amide bonds. The Morgan fingerprint density at radius 1 is 1.00 bits per heavy atom. The van der Waals surface area contributed by atoms with Gasteiger partial charge in [0.2, 0.25) is 0 Å². The Morgan fingerprint density at radius 3 is 2.50 bits per heavy atom. The summed E-state index contributed by atoms with van der Waals surface area (Å²) < 4.78 is 10.9. The van der Waals surface area contributed by atoms with E-state index in [1.165, 1.54) is 0 Å². The normalized spacial score (nSPS) is 12.2. The number of carbonyl (C=O) groups is 1. The molecule has 0 radical (unpaired) electrons. The molecular formula is C18H13NO3. The van der Waals surface area contributed by atoms with Gasteiger partial charge in [-0.2, -0.15) is 0 Å². The lowest BCUT2D eigenvalue weighted by atomic mass is 9.85. The van der Waals surface area contributed by atoms with Crippen LogP contribution in [0.1, 0.15) is 15.9 Å². The van der Waals surface area contributed by atoms with Gasteiger partial charge in [0.05, 0.1) is 25.5 Å². The van der Waals surface area contributed by atoms with E-state index in [9.17, 15) is 4.79 Å². The van der Waals surface area contributed by atoms with Gasteiger partial charge < -0.3 is 9.47 Å². The molecule has 1 aromatic heterocycles. The second-order valence-electron chi connectivity index (χ2n) is 5.12. The number of benzene rings is 2. The van der Waals surface area contributed by atoms with Crippen LogP contribution in [0.2, 0.25) is 0 Å². The highest BCUT2D eigenvalue weighted by Gasteiger charge is 2.30. The minimum Gasteiger partial charge on any atom is -0.493 e. The minimum absolute atomic E-state index is 0.0585. The molecule has 1 heterocycles. The highest BCUT2D eigenvalue weighted by atomic mass is 16.5. The molecule has 4 rings (SSSR count). The molecule has 1 aliphatic carbocycles. The van der Waals surface area contributed by atoms with Gasteiger partial charge in [-0.3, -0.25) is 9.78 Å². The average Bonchev–Trinajstić information content (AvgIpc) is 2.58. The largest absolute Gasteiger partial charge is 0.493 e. The summed E-state index contributed by atoms with van der Waals surface area (Å²) >= 11 is 0. The summed E-state index contributed by atoms with van der Waals surface area (Å²) in [5, 5.41) is 1.74. The van der Waals surface area contributed by atoms with Gasteiger partial charge in [-0.15, -0.1) is 0 Å². The number of nitrogens with zero attached hydrogens (tertiary/aromatic N) is 1. The molecule has 0 unspecified atom stereocenters. The van der Waals surface area contributed by atoms with E-state index in [-0.39, 0.29) is 5.78 Å². The minimum atomic E-state index is -0.0585. The molecule has 108 valence electrons. The van der Waals surface area contributed by atoms with Crippen molar-refractivity contribution in [2.45, 2.75) is 0 Å². The molecule has 4 nitrogen and oxygen atoms in total. The first-order chi connectivity index (χ1) is 10.8. The summed E-state index contributed by atoms with van der Waals surface area (Å²) in [6.07, 6.45) is 1.75. The van der Waals surface area contributed by atoms with Crippen molar-refractivity contribution in [1.82, 2.24) is 4.98 Å². The highest BCUT2D eigenvalue weighted by Crippen LogP contribution is 2.45. The van der Waals surface area contributed by atoms with Crippen LogP contribution in [0.5, 0.6) is 11.5 Å². The third-order valence-electron chi connectivity index (χ3n) is 4.05. The second kappa shape index (κ2) is 4.56. The lowest BCUT2D eigenvalue weighted by Gasteiger charge is -2.22. The van der Waals surface area contributed by atoms with Crippen LogP contribution in [0.3, 0.4) is 0 Å². The standard InChI is InChI=1S/C18H13NO3/c1-21-13-9-10-7-8-19-16-11-5-3-4-6-12(11)17(20)15(14(10)16)18(13)22-2/h3-9H,1-2H3. The first-order valence-electron chi connectivity index (χ1n) is 6.94. The first kappa shape index (κ1) is 12.8. The van der Waals surface area contributed by atoms with Crippen LogP contribution in [-0.4, -0.2) is 25.0 Å². The van der Waals surface area contributed by atoms with E-state index in [0.717, 1.165) is 22.0 Å². The fraction of sp³-hybridized carbons (Fsp3) is 0.111. The van der Waals surface area contributed by atoms with Crippen molar-refractivity contribution in [3.63, 3.8) is 0 Å². The van der Waals surface area contributed by atoms with E-state index in [2.05, 4.69) is 4.98 Å². The summed E-state index contributed by atoms with van der Waals surface area (Å²) in [7, 11) is 3.11. The van der Waals surface area contributed by atoms with Crippen LogP contribution in [0, 0.1) is 0 Å². The van der Waals surface area contributed by atoms with Crippen molar-refractivity contribution >= 4 is 16.6 Å². The summed E-state index contributed by atoms with van der Waals surface area (Å²) in [4.78, 5) is 17.5. The highest BCUT2D eigenvalue weighted by molar-refractivity contribution is 6.27. The van der Waals surface area contributed by atoms with Crippen molar-refractivity contribution in [1.29, 1.82) is 0 Å². The molecule has 4 heteroatoms. The van der Waals surface area contributed by atoms with Crippen LogP contribution in [0.25, 0.3) is 22.0 Å². The van der Waals surface area contributed by atoms with Crippen LogP contribution >= 0.6 is 0 Å². The zero-order valence-corrected chi connectivity index (χ0v) is 12.2. The smallest absolute Gasteiger partial charge is 0.198 e. The SMILES string of the molecule is COc1cc2ccnc3c2c(c1OC)C(=O)c1ccccc1-3. The third-order valence-corrected chi connectivity index (χ3v) is 4.05. The maximum atomic E-state index is 13.0. The van der Waals surface area contributed by atoms with Gasteiger partial charge in [0.25, 0.3) is 0 Å². The Bertz CT molecular complexity index is 931. The van der Waals surface area contributed by atoms with Crippen molar-refractivity contribution in [3.05, 3.63) is 53.7 Å². The number of aromatic nitrogens is 1. The molecule has 0 aliphatic heterocycles. The van der Waals surface area contributed by atoms with E-state index in [1.54, 1.807) is 20.4 Å². The van der Waals surface area contributed by atoms with Crippen LogP contribution in [-0.2, 0) is 0 Å². The van der Waals surface area contributed by atoms with Gasteiger partial charge in [-0.05, 0) is 17.5 Å². The summed E-state index contributed by atoms with van der Waals surface area (Å²) in [6.45, 7) is 0. The van der Waals surface area contributed by atoms with E-state index in [0.29, 0.717) is 22.6 Å². The predicted molar refractivity (Wildman–Crippen MR) is 83.7 cm³/mol. The molecule has 1 aliphatic rings. The Hall–Kier alpha value is -2.88. The van der Waals surface area contributed by atoms with Gasteiger partial charge in [0.1, 0.15) is 0 Å². The van der Waals surface area contributed by atoms with Crippen LogP contribution in [0.4, 0.5) is 0 Å². The van der Waals surface area contributed by atoms with E-state index < -0.39 is 0 Å². The molecule has 0 saturated carbocycles. The van der Waals surface area contributed by atoms with Gasteiger partial charge in [0, 0.05) is 22.7 Å². The molecular weight excluding hydrogens is 278 g/mol. The van der Waals surface area contributed by atoms with Crippen molar-refractivity contribution in [2.75, 3.05) is 14.2 Å². The molecule has 2 aromatic carbocycles. The number of ketones is 1. The Balaban J connectivity index is 2.24. The zero-order valence-electron chi connectivity index (χ0n) is 12.2. The summed E-state index contributed by atoms with van der Waals surface area (Å²) in [5.41, 5.74) is 2.83. The number of pyridine rings is 1. The fourth-order valence-electron chi connectivity index (χ4n) is 3.10. The van der Waals surface area contributed by atoms with Crippen molar-refractivity contribution in [2.24, 2.45) is 0 Å². The average molecular weight is 291 g/mol. The quantitative estimate of drug-likeness (QED) is 0.567. The number of fused-ring (bicyclic) bond motifs is 2. The monoisotopic (exact) mass is 291 g/mol. The number of methoxy groups -OCH3 is 2. The zero-order chi connectivity index (χ0) is 15.3. The lowest BCUT2D eigenvalue weighted by Crippen LogP contribution is -2.13. The number of rotatable bonds is 2. The first-order valence-corrected chi connectivity index (χ1v) is 6.94. The van der Waals surface area contributed by atoms with Crippen molar-refractivity contribution in [3.8, 4) is 22.8 Å². The van der Waals surface area contributed by atoms with Crippen molar-refractivity contribution < 1.29 is 14.3 Å². The predicted octanol–water partition coefficient (Wildman–Crippen LogP) is 3.46. The molecule has 0 saturated heterocycles. The maximum Gasteiger partial charge on any atom is 0.198 e. The Morgan fingerprint density at radius 2 is 1.77 bits per heavy atom. The van der Waals surface area contributed by atoms with Gasteiger partial charge >= 0.3 is 0 Å². The molecule has 22 heavy (non-hydrogen) atoms. The third kappa shape index (κ3) is 1.52. The molecule has 0 fully saturated rings. The molecule has 0 bridgehead atoms.